The van der Waals surface area contributed by atoms with Crippen LogP contribution in [0.15, 0.2) is 4.99 Å². The molecule has 0 saturated carbocycles. The van der Waals surface area contributed by atoms with Gasteiger partial charge in [-0.15, -0.1) is 0 Å². The van der Waals surface area contributed by atoms with E-state index in [9.17, 15) is 4.79 Å². The molecule has 0 aromatic rings. The number of rotatable bonds is 6. The molecule has 0 radical (unpaired) electrons. The molecular formula is C10H23N5O. The highest BCUT2D eigenvalue weighted by Crippen LogP contribution is 1.83. The highest BCUT2D eigenvalue weighted by Gasteiger charge is 2.02. The van der Waals surface area contributed by atoms with Crippen molar-refractivity contribution in [1.82, 2.24) is 16.1 Å². The minimum absolute atomic E-state index is 0.0802. The van der Waals surface area contributed by atoms with Crippen LogP contribution in [-0.2, 0) is 4.79 Å². The van der Waals surface area contributed by atoms with Gasteiger partial charge in [0.1, 0.15) is 6.54 Å². The van der Waals surface area contributed by atoms with Gasteiger partial charge in [0, 0.05) is 12.6 Å². The maximum atomic E-state index is 11.3. The summed E-state index contributed by atoms with van der Waals surface area (Å²) < 4.78 is 0. The van der Waals surface area contributed by atoms with E-state index < -0.39 is 0 Å². The lowest BCUT2D eigenvalue weighted by Gasteiger charge is -2.09. The predicted molar refractivity (Wildman–Crippen MR) is 65.8 cm³/mol. The van der Waals surface area contributed by atoms with Crippen molar-refractivity contribution in [2.75, 3.05) is 13.1 Å². The number of nitrogens with two attached hydrogens (primary N) is 1. The number of amides is 1. The third-order valence-electron chi connectivity index (χ3n) is 1.79. The Hall–Kier alpha value is -1.30. The van der Waals surface area contributed by atoms with E-state index in [1.165, 1.54) is 0 Å². The Labute approximate surface area is 97.0 Å². The number of carbonyl (C=O) groups excluding carboxylic acids is 1. The average Bonchev–Trinajstić information content (AvgIpc) is 2.22. The number of guanidine groups is 1. The molecule has 0 rings (SSSR count). The van der Waals surface area contributed by atoms with E-state index in [2.05, 4.69) is 28.0 Å². The quantitative estimate of drug-likeness (QED) is 0.166. The fraction of sp³-hybridized carbons (Fsp3) is 0.800. The smallest absolute Gasteiger partial charge is 0.242 e. The first kappa shape index (κ1) is 14.7. The van der Waals surface area contributed by atoms with E-state index in [1.807, 2.05) is 13.8 Å². The van der Waals surface area contributed by atoms with Gasteiger partial charge >= 0.3 is 0 Å². The molecular weight excluding hydrogens is 206 g/mol. The summed E-state index contributed by atoms with van der Waals surface area (Å²) in [6, 6.07) is 0.130. The van der Waals surface area contributed by atoms with Crippen molar-refractivity contribution in [3.05, 3.63) is 0 Å². The molecule has 0 aliphatic heterocycles. The zero-order chi connectivity index (χ0) is 12.4. The van der Waals surface area contributed by atoms with Crippen molar-refractivity contribution >= 4 is 11.9 Å². The first-order valence-electron chi connectivity index (χ1n) is 5.64. The van der Waals surface area contributed by atoms with Crippen molar-refractivity contribution in [2.24, 2.45) is 10.8 Å². The van der Waals surface area contributed by atoms with Crippen LogP contribution in [-0.4, -0.2) is 31.0 Å². The number of carbonyl (C=O) groups is 1. The van der Waals surface area contributed by atoms with Crippen LogP contribution >= 0.6 is 0 Å². The third-order valence-corrected chi connectivity index (χ3v) is 1.79. The minimum Gasteiger partial charge on any atom is -0.355 e. The highest BCUT2D eigenvalue weighted by molar-refractivity contribution is 5.84. The van der Waals surface area contributed by atoms with Crippen LogP contribution in [0.5, 0.6) is 0 Å². The molecule has 0 aliphatic carbocycles. The molecule has 16 heavy (non-hydrogen) atoms. The van der Waals surface area contributed by atoms with Crippen molar-refractivity contribution in [2.45, 2.75) is 39.7 Å². The number of hydrogen-bond donors (Lipinski definition) is 4. The number of hydrogen-bond acceptors (Lipinski definition) is 3. The van der Waals surface area contributed by atoms with Crippen molar-refractivity contribution in [3.8, 4) is 0 Å². The molecule has 0 atom stereocenters. The van der Waals surface area contributed by atoms with Crippen molar-refractivity contribution in [3.63, 3.8) is 0 Å². The summed E-state index contributed by atoms with van der Waals surface area (Å²) in [5, 5.41) is 5.76. The van der Waals surface area contributed by atoms with Gasteiger partial charge in [0.05, 0.1) is 0 Å². The fourth-order valence-electron chi connectivity index (χ4n) is 1.05. The molecule has 0 heterocycles. The van der Waals surface area contributed by atoms with E-state index in [0.717, 1.165) is 19.4 Å². The summed E-state index contributed by atoms with van der Waals surface area (Å²) in [6.07, 6.45) is 2.14. The lowest BCUT2D eigenvalue weighted by Crippen LogP contribution is -2.43. The second kappa shape index (κ2) is 8.96. The molecule has 0 spiro atoms. The Kier molecular flexibility index (Phi) is 8.24. The Morgan fingerprint density at radius 2 is 2.12 bits per heavy atom. The number of hydrazine groups is 1. The lowest BCUT2D eigenvalue weighted by atomic mass is 10.3. The summed E-state index contributed by atoms with van der Waals surface area (Å²) in [4.78, 5) is 15.3. The van der Waals surface area contributed by atoms with Gasteiger partial charge in [-0.1, -0.05) is 13.3 Å². The van der Waals surface area contributed by atoms with Gasteiger partial charge in [-0.05, 0) is 20.3 Å². The van der Waals surface area contributed by atoms with E-state index >= 15 is 0 Å². The molecule has 0 aliphatic rings. The zero-order valence-electron chi connectivity index (χ0n) is 10.3. The summed E-state index contributed by atoms with van der Waals surface area (Å²) in [7, 11) is 0. The molecule has 0 aromatic carbocycles. The standard InChI is InChI=1S/C10H23N5O/c1-4-5-6-12-10(15-11)13-7-9(16)14-8(2)3/h8H,4-7,11H2,1-3H3,(H,14,16)(H2,12,13,15). The molecule has 5 N–H and O–H groups in total. The van der Waals surface area contributed by atoms with E-state index in [1.54, 1.807) is 0 Å². The summed E-state index contributed by atoms with van der Waals surface area (Å²) >= 11 is 0. The molecule has 0 bridgehead atoms. The molecule has 0 aromatic heterocycles. The average molecular weight is 229 g/mol. The topological polar surface area (TPSA) is 91.5 Å². The van der Waals surface area contributed by atoms with Crippen LogP contribution in [0.4, 0.5) is 0 Å². The largest absolute Gasteiger partial charge is 0.355 e. The molecule has 0 unspecified atom stereocenters. The zero-order valence-corrected chi connectivity index (χ0v) is 10.3. The Morgan fingerprint density at radius 1 is 1.44 bits per heavy atom. The number of aliphatic imine (C=N–C) groups is 1. The maximum absolute atomic E-state index is 11.3. The monoisotopic (exact) mass is 229 g/mol. The van der Waals surface area contributed by atoms with Gasteiger partial charge in [-0.3, -0.25) is 10.2 Å². The SMILES string of the molecule is CCCCNC(=NCC(=O)NC(C)C)NN. The fourth-order valence-corrected chi connectivity index (χ4v) is 1.05. The van der Waals surface area contributed by atoms with Crippen LogP contribution in [0.2, 0.25) is 0 Å². The van der Waals surface area contributed by atoms with E-state index in [-0.39, 0.29) is 18.5 Å². The molecule has 94 valence electrons. The van der Waals surface area contributed by atoms with E-state index in [4.69, 9.17) is 5.84 Å². The predicted octanol–water partition coefficient (Wildman–Crippen LogP) is -0.280. The summed E-state index contributed by atoms with van der Waals surface area (Å²) in [5.74, 6) is 5.61. The maximum Gasteiger partial charge on any atom is 0.242 e. The Balaban J connectivity index is 3.91. The van der Waals surface area contributed by atoms with Gasteiger partial charge in [-0.2, -0.15) is 0 Å². The van der Waals surface area contributed by atoms with Gasteiger partial charge < -0.3 is 10.6 Å². The van der Waals surface area contributed by atoms with Crippen LogP contribution < -0.4 is 21.9 Å². The van der Waals surface area contributed by atoms with E-state index in [0.29, 0.717) is 5.96 Å². The van der Waals surface area contributed by atoms with Crippen LogP contribution in [0.3, 0.4) is 0 Å². The minimum atomic E-state index is -0.111. The summed E-state index contributed by atoms with van der Waals surface area (Å²) in [6.45, 7) is 6.79. The van der Waals surface area contributed by atoms with Crippen LogP contribution in [0.1, 0.15) is 33.6 Å². The third kappa shape index (κ3) is 8.05. The highest BCUT2D eigenvalue weighted by atomic mass is 16.1. The number of nitrogens with one attached hydrogen (secondary N) is 3. The second-order valence-corrected chi connectivity index (χ2v) is 3.81. The molecule has 1 amide bonds. The first-order valence-corrected chi connectivity index (χ1v) is 5.64. The van der Waals surface area contributed by atoms with Gasteiger partial charge in [0.2, 0.25) is 11.9 Å². The number of unbranched alkanes of at least 4 members (excludes halogenated alkanes) is 1. The Bertz CT molecular complexity index is 227. The first-order chi connectivity index (χ1) is 7.60. The second-order valence-electron chi connectivity index (χ2n) is 3.81. The summed E-state index contributed by atoms with van der Waals surface area (Å²) in [5.41, 5.74) is 2.43. The molecule has 6 nitrogen and oxygen atoms in total. The van der Waals surface area contributed by atoms with Gasteiger partial charge in [-0.25, -0.2) is 10.8 Å². The molecule has 6 heteroatoms. The molecule has 0 fully saturated rings. The van der Waals surface area contributed by atoms with Gasteiger partial charge in [0.25, 0.3) is 0 Å². The van der Waals surface area contributed by atoms with Crippen LogP contribution in [0, 0.1) is 0 Å². The molecule has 0 saturated heterocycles. The Morgan fingerprint density at radius 3 is 2.62 bits per heavy atom. The number of nitrogens with zero attached hydrogens (tertiary/aromatic N) is 1. The van der Waals surface area contributed by atoms with Gasteiger partial charge in [0.15, 0.2) is 0 Å². The van der Waals surface area contributed by atoms with Crippen LogP contribution in [0.25, 0.3) is 0 Å². The lowest BCUT2D eigenvalue weighted by molar-refractivity contribution is -0.120. The van der Waals surface area contributed by atoms with Crippen molar-refractivity contribution in [1.29, 1.82) is 0 Å². The van der Waals surface area contributed by atoms with Crippen molar-refractivity contribution < 1.29 is 4.79 Å². The normalized spacial score (nSPS) is 11.4.